The molecule has 94 valence electrons. The van der Waals surface area contributed by atoms with Crippen molar-refractivity contribution in [1.29, 1.82) is 0 Å². The van der Waals surface area contributed by atoms with E-state index >= 15 is 0 Å². The maximum Gasteiger partial charge on any atom is 0.221 e. The van der Waals surface area contributed by atoms with Crippen molar-refractivity contribution in [3.8, 4) is 0 Å². The predicted octanol–water partition coefficient (Wildman–Crippen LogP) is -0.384. The summed E-state index contributed by atoms with van der Waals surface area (Å²) in [6, 6.07) is 0.459. The third-order valence-corrected chi connectivity index (χ3v) is 2.80. The monoisotopic (exact) mass is 237 g/mol. The second-order valence-corrected chi connectivity index (χ2v) is 4.45. The standard InChI is InChI=1S/C11H19N5O/c1-16-8-13-15-10(16)4-6-12-7-5-11(17)14-9-2-3-9/h8-9,12H,2-7H2,1H3,(H,14,17). The van der Waals surface area contributed by atoms with Gasteiger partial charge >= 0.3 is 0 Å². The Bertz CT molecular complexity index is 372. The molecule has 2 rings (SSSR count). The molecule has 0 unspecified atom stereocenters. The van der Waals surface area contributed by atoms with Gasteiger partial charge in [-0.15, -0.1) is 10.2 Å². The normalized spacial score (nSPS) is 14.9. The Labute approximate surface area is 101 Å². The van der Waals surface area contributed by atoms with E-state index in [4.69, 9.17) is 0 Å². The van der Waals surface area contributed by atoms with Gasteiger partial charge < -0.3 is 15.2 Å². The third-order valence-electron chi connectivity index (χ3n) is 2.80. The minimum absolute atomic E-state index is 0.152. The topological polar surface area (TPSA) is 71.8 Å². The van der Waals surface area contributed by atoms with Gasteiger partial charge in [0.2, 0.25) is 5.91 Å². The summed E-state index contributed by atoms with van der Waals surface area (Å²) in [5, 5.41) is 14.0. The molecular formula is C11H19N5O. The SMILES string of the molecule is Cn1cnnc1CCNCCC(=O)NC1CC1. The highest BCUT2D eigenvalue weighted by atomic mass is 16.1. The van der Waals surface area contributed by atoms with Crippen molar-refractivity contribution in [3.05, 3.63) is 12.2 Å². The van der Waals surface area contributed by atoms with Crippen molar-refractivity contribution < 1.29 is 4.79 Å². The average Bonchev–Trinajstić information content (AvgIpc) is 3.01. The Balaban J connectivity index is 1.51. The second-order valence-electron chi connectivity index (χ2n) is 4.45. The van der Waals surface area contributed by atoms with Crippen LogP contribution in [0.1, 0.15) is 25.1 Å². The van der Waals surface area contributed by atoms with Crippen molar-refractivity contribution in [2.24, 2.45) is 7.05 Å². The van der Waals surface area contributed by atoms with E-state index in [1.54, 1.807) is 6.33 Å². The van der Waals surface area contributed by atoms with E-state index in [1.165, 1.54) is 0 Å². The summed E-state index contributed by atoms with van der Waals surface area (Å²) in [4.78, 5) is 11.4. The molecule has 1 amide bonds. The number of hydrogen-bond donors (Lipinski definition) is 2. The zero-order chi connectivity index (χ0) is 12.1. The van der Waals surface area contributed by atoms with Crippen LogP contribution in [0.2, 0.25) is 0 Å². The zero-order valence-electron chi connectivity index (χ0n) is 10.1. The molecule has 1 aromatic heterocycles. The molecule has 0 aliphatic heterocycles. The van der Waals surface area contributed by atoms with Crippen LogP contribution >= 0.6 is 0 Å². The maximum atomic E-state index is 11.4. The summed E-state index contributed by atoms with van der Waals surface area (Å²) in [5.74, 6) is 1.11. The lowest BCUT2D eigenvalue weighted by Gasteiger charge is -2.05. The third kappa shape index (κ3) is 4.14. The van der Waals surface area contributed by atoms with Crippen molar-refractivity contribution in [2.45, 2.75) is 31.7 Å². The maximum absolute atomic E-state index is 11.4. The first-order valence-electron chi connectivity index (χ1n) is 6.08. The molecule has 0 radical (unpaired) electrons. The van der Waals surface area contributed by atoms with Crippen LogP contribution in [-0.2, 0) is 18.3 Å². The van der Waals surface area contributed by atoms with E-state index in [-0.39, 0.29) is 5.91 Å². The molecule has 0 aromatic carbocycles. The molecule has 0 bridgehead atoms. The number of aryl methyl sites for hydroxylation is 1. The Morgan fingerprint density at radius 3 is 3.00 bits per heavy atom. The van der Waals surface area contributed by atoms with Gasteiger partial charge in [-0.3, -0.25) is 4.79 Å². The first-order chi connectivity index (χ1) is 8.25. The van der Waals surface area contributed by atoms with E-state index < -0.39 is 0 Å². The fourth-order valence-electron chi connectivity index (χ4n) is 1.59. The molecule has 1 saturated carbocycles. The van der Waals surface area contributed by atoms with Crippen LogP contribution in [0, 0.1) is 0 Å². The Morgan fingerprint density at radius 1 is 1.53 bits per heavy atom. The number of rotatable bonds is 7. The van der Waals surface area contributed by atoms with Crippen LogP contribution in [0.25, 0.3) is 0 Å². The molecule has 0 spiro atoms. The van der Waals surface area contributed by atoms with Crippen molar-refractivity contribution in [2.75, 3.05) is 13.1 Å². The highest BCUT2D eigenvalue weighted by molar-refractivity contribution is 5.76. The van der Waals surface area contributed by atoms with E-state index in [1.807, 2.05) is 11.6 Å². The summed E-state index contributed by atoms with van der Waals surface area (Å²) >= 11 is 0. The number of carbonyl (C=O) groups is 1. The highest BCUT2D eigenvalue weighted by Crippen LogP contribution is 2.18. The fraction of sp³-hybridized carbons (Fsp3) is 0.727. The molecule has 2 N–H and O–H groups in total. The molecule has 0 atom stereocenters. The minimum atomic E-state index is 0.152. The van der Waals surface area contributed by atoms with E-state index in [2.05, 4.69) is 20.8 Å². The van der Waals surface area contributed by atoms with E-state index in [0.717, 1.165) is 38.2 Å². The van der Waals surface area contributed by atoms with Gasteiger partial charge in [-0.05, 0) is 12.8 Å². The summed E-state index contributed by atoms with van der Waals surface area (Å²) in [6.45, 7) is 1.54. The van der Waals surface area contributed by atoms with E-state index in [0.29, 0.717) is 12.5 Å². The number of amides is 1. The van der Waals surface area contributed by atoms with Crippen molar-refractivity contribution in [3.63, 3.8) is 0 Å². The molecule has 1 aliphatic carbocycles. The lowest BCUT2D eigenvalue weighted by molar-refractivity contribution is -0.121. The van der Waals surface area contributed by atoms with Gasteiger partial charge in [-0.2, -0.15) is 0 Å². The Hall–Kier alpha value is -1.43. The van der Waals surface area contributed by atoms with Crippen LogP contribution in [-0.4, -0.2) is 39.8 Å². The van der Waals surface area contributed by atoms with Gasteiger partial charge in [0.1, 0.15) is 12.2 Å². The Morgan fingerprint density at radius 2 is 2.35 bits per heavy atom. The van der Waals surface area contributed by atoms with Crippen LogP contribution in [0.3, 0.4) is 0 Å². The van der Waals surface area contributed by atoms with Gasteiger partial charge in [0.05, 0.1) is 0 Å². The molecule has 1 heterocycles. The molecule has 6 heteroatoms. The van der Waals surface area contributed by atoms with Crippen molar-refractivity contribution >= 4 is 5.91 Å². The van der Waals surface area contributed by atoms with Gasteiger partial charge in [0, 0.05) is 39.0 Å². The first kappa shape index (κ1) is 12.0. The first-order valence-corrected chi connectivity index (χ1v) is 6.08. The number of aromatic nitrogens is 3. The minimum Gasteiger partial charge on any atom is -0.353 e. The molecule has 6 nitrogen and oxygen atoms in total. The summed E-state index contributed by atoms with van der Waals surface area (Å²) in [6.07, 6.45) is 5.37. The van der Waals surface area contributed by atoms with Gasteiger partial charge in [-0.25, -0.2) is 0 Å². The molecule has 0 saturated heterocycles. The molecule has 1 aliphatic rings. The molecule has 1 fully saturated rings. The van der Waals surface area contributed by atoms with Crippen molar-refractivity contribution in [1.82, 2.24) is 25.4 Å². The van der Waals surface area contributed by atoms with Gasteiger partial charge in [0.15, 0.2) is 0 Å². The number of nitrogens with zero attached hydrogens (tertiary/aromatic N) is 3. The summed E-state index contributed by atoms with van der Waals surface area (Å²) in [5.41, 5.74) is 0. The Kier molecular flexibility index (Phi) is 4.08. The zero-order valence-corrected chi connectivity index (χ0v) is 10.1. The number of hydrogen-bond acceptors (Lipinski definition) is 4. The fourth-order valence-corrected chi connectivity index (χ4v) is 1.59. The lowest BCUT2D eigenvalue weighted by Crippen LogP contribution is -2.29. The smallest absolute Gasteiger partial charge is 0.221 e. The number of nitrogens with one attached hydrogen (secondary N) is 2. The summed E-state index contributed by atoms with van der Waals surface area (Å²) < 4.78 is 1.90. The largest absolute Gasteiger partial charge is 0.353 e. The number of carbonyl (C=O) groups excluding carboxylic acids is 1. The average molecular weight is 237 g/mol. The van der Waals surface area contributed by atoms with Crippen LogP contribution in [0.15, 0.2) is 6.33 Å². The quantitative estimate of drug-likeness (QED) is 0.634. The van der Waals surface area contributed by atoms with Gasteiger partial charge in [0.25, 0.3) is 0 Å². The van der Waals surface area contributed by atoms with E-state index in [9.17, 15) is 4.79 Å². The van der Waals surface area contributed by atoms with Crippen LogP contribution in [0.4, 0.5) is 0 Å². The molecule has 1 aromatic rings. The lowest BCUT2D eigenvalue weighted by atomic mass is 10.3. The second kappa shape index (κ2) is 5.77. The van der Waals surface area contributed by atoms with Gasteiger partial charge in [-0.1, -0.05) is 0 Å². The molecular weight excluding hydrogens is 218 g/mol. The predicted molar refractivity (Wildman–Crippen MR) is 63.4 cm³/mol. The van der Waals surface area contributed by atoms with Crippen LogP contribution < -0.4 is 10.6 Å². The highest BCUT2D eigenvalue weighted by Gasteiger charge is 2.22. The summed E-state index contributed by atoms with van der Waals surface area (Å²) in [7, 11) is 1.93. The molecule has 17 heavy (non-hydrogen) atoms. The van der Waals surface area contributed by atoms with Crippen LogP contribution in [0.5, 0.6) is 0 Å².